The van der Waals surface area contributed by atoms with Gasteiger partial charge in [0.25, 0.3) is 0 Å². The molecule has 2 unspecified atom stereocenters. The summed E-state index contributed by atoms with van der Waals surface area (Å²) in [5.41, 5.74) is 5.50. The van der Waals surface area contributed by atoms with Gasteiger partial charge < -0.3 is 15.4 Å². The molecule has 2 fully saturated rings. The van der Waals surface area contributed by atoms with Crippen molar-refractivity contribution in [3.05, 3.63) is 0 Å². The van der Waals surface area contributed by atoms with Crippen molar-refractivity contribution in [3.8, 4) is 0 Å². The highest BCUT2D eigenvalue weighted by Crippen LogP contribution is 2.30. The molecule has 0 saturated carbocycles. The van der Waals surface area contributed by atoms with E-state index in [1.165, 1.54) is 24.4 Å². The first-order chi connectivity index (χ1) is 6.81. The zero-order valence-corrected chi connectivity index (χ0v) is 8.54. The highest BCUT2D eigenvalue weighted by molar-refractivity contribution is 7.09. The van der Waals surface area contributed by atoms with Crippen molar-refractivity contribution in [2.24, 2.45) is 0 Å². The molecule has 2 aliphatic heterocycles. The van der Waals surface area contributed by atoms with Gasteiger partial charge in [-0.1, -0.05) is 0 Å². The average Bonchev–Trinajstić information content (AvgIpc) is 2.73. The topological polar surface area (TPSA) is 64.3 Å². The normalized spacial score (nSPS) is 31.0. The minimum Gasteiger partial charge on any atom is -0.371 e. The number of fused-ring (bicyclic) bond motifs is 2. The van der Waals surface area contributed by atoms with Gasteiger partial charge in [-0.15, -0.1) is 0 Å². The maximum Gasteiger partial charge on any atom is 0.233 e. The van der Waals surface area contributed by atoms with E-state index < -0.39 is 0 Å². The number of morpholine rings is 1. The number of hydrogen-bond acceptors (Lipinski definition) is 6. The van der Waals surface area contributed by atoms with Crippen LogP contribution in [0.5, 0.6) is 0 Å². The molecule has 2 bridgehead atoms. The van der Waals surface area contributed by atoms with Gasteiger partial charge in [0.05, 0.1) is 12.2 Å². The molecule has 3 heterocycles. The number of anilines is 2. The van der Waals surface area contributed by atoms with Crippen LogP contribution in [0.4, 0.5) is 11.1 Å². The van der Waals surface area contributed by atoms with Gasteiger partial charge >= 0.3 is 0 Å². The molecule has 76 valence electrons. The summed E-state index contributed by atoms with van der Waals surface area (Å²) in [4.78, 5) is 6.42. The molecule has 2 atom stereocenters. The predicted octanol–water partition coefficient (Wildman–Crippen LogP) is 0.488. The van der Waals surface area contributed by atoms with E-state index in [0.717, 1.165) is 18.2 Å². The van der Waals surface area contributed by atoms with Crippen molar-refractivity contribution in [1.82, 2.24) is 9.36 Å². The SMILES string of the molecule is Nc1nsc(N2CC3CCC(C2)O3)n1. The zero-order chi connectivity index (χ0) is 9.54. The maximum atomic E-state index is 5.74. The summed E-state index contributed by atoms with van der Waals surface area (Å²) in [6.45, 7) is 1.87. The second-order valence-electron chi connectivity index (χ2n) is 3.80. The molecule has 0 spiro atoms. The quantitative estimate of drug-likeness (QED) is 0.734. The van der Waals surface area contributed by atoms with Crippen LogP contribution in [-0.2, 0) is 4.74 Å². The molecular formula is C8H12N4OS. The lowest BCUT2D eigenvalue weighted by atomic mass is 10.2. The van der Waals surface area contributed by atoms with E-state index >= 15 is 0 Å². The molecule has 5 nitrogen and oxygen atoms in total. The second kappa shape index (κ2) is 3.06. The monoisotopic (exact) mass is 212 g/mol. The molecular weight excluding hydrogens is 200 g/mol. The molecule has 3 rings (SSSR count). The zero-order valence-electron chi connectivity index (χ0n) is 7.72. The van der Waals surface area contributed by atoms with Crippen LogP contribution in [0.3, 0.4) is 0 Å². The van der Waals surface area contributed by atoms with Crippen LogP contribution in [0.2, 0.25) is 0 Å². The lowest BCUT2D eigenvalue weighted by Gasteiger charge is -2.31. The van der Waals surface area contributed by atoms with Crippen LogP contribution in [0.25, 0.3) is 0 Å². The van der Waals surface area contributed by atoms with Gasteiger partial charge in [-0.25, -0.2) is 0 Å². The Morgan fingerprint density at radius 3 is 2.64 bits per heavy atom. The van der Waals surface area contributed by atoms with Crippen molar-refractivity contribution < 1.29 is 4.74 Å². The first kappa shape index (κ1) is 8.43. The lowest BCUT2D eigenvalue weighted by Crippen LogP contribution is -2.42. The summed E-state index contributed by atoms with van der Waals surface area (Å²) >= 11 is 1.37. The van der Waals surface area contributed by atoms with Crippen LogP contribution >= 0.6 is 11.5 Å². The van der Waals surface area contributed by atoms with E-state index in [1.54, 1.807) is 0 Å². The fourth-order valence-electron chi connectivity index (χ4n) is 2.13. The van der Waals surface area contributed by atoms with Crippen LogP contribution in [0.1, 0.15) is 12.8 Å². The van der Waals surface area contributed by atoms with Gasteiger partial charge in [-0.2, -0.15) is 9.36 Å². The summed E-state index contributed by atoms with van der Waals surface area (Å²) in [6, 6.07) is 0. The van der Waals surface area contributed by atoms with Gasteiger partial charge in [-0.05, 0) is 12.8 Å². The Morgan fingerprint density at radius 2 is 2.07 bits per heavy atom. The Morgan fingerprint density at radius 1 is 1.36 bits per heavy atom. The molecule has 0 radical (unpaired) electrons. The van der Waals surface area contributed by atoms with Crippen LogP contribution in [-0.4, -0.2) is 34.7 Å². The number of nitrogens with two attached hydrogens (primary N) is 1. The summed E-state index contributed by atoms with van der Waals surface area (Å²) in [6.07, 6.45) is 3.13. The number of nitrogens with zero attached hydrogens (tertiary/aromatic N) is 3. The molecule has 2 aliphatic rings. The molecule has 14 heavy (non-hydrogen) atoms. The van der Waals surface area contributed by atoms with Gasteiger partial charge in [-0.3, -0.25) is 0 Å². The summed E-state index contributed by atoms with van der Waals surface area (Å²) in [5.74, 6) is 0.379. The molecule has 0 aromatic carbocycles. The van der Waals surface area contributed by atoms with Crippen molar-refractivity contribution in [2.45, 2.75) is 25.0 Å². The molecule has 0 aliphatic carbocycles. The van der Waals surface area contributed by atoms with Crippen LogP contribution in [0.15, 0.2) is 0 Å². The first-order valence-electron chi connectivity index (χ1n) is 4.81. The Hall–Kier alpha value is -0.880. The summed E-state index contributed by atoms with van der Waals surface area (Å²) in [5, 5.41) is 0.933. The fourth-order valence-corrected chi connectivity index (χ4v) is 2.74. The molecule has 1 aromatic heterocycles. The lowest BCUT2D eigenvalue weighted by molar-refractivity contribution is 0.0305. The third-order valence-corrected chi connectivity index (χ3v) is 3.54. The third kappa shape index (κ3) is 1.34. The number of ether oxygens (including phenoxy) is 1. The minimum absolute atomic E-state index is 0.379. The van der Waals surface area contributed by atoms with E-state index in [4.69, 9.17) is 10.5 Å². The van der Waals surface area contributed by atoms with Gasteiger partial charge in [0.15, 0.2) is 0 Å². The number of aromatic nitrogens is 2. The molecule has 0 amide bonds. The van der Waals surface area contributed by atoms with Crippen molar-refractivity contribution in [2.75, 3.05) is 23.7 Å². The Kier molecular flexibility index (Phi) is 1.84. The number of nitrogen functional groups attached to an aromatic ring is 1. The van der Waals surface area contributed by atoms with Crippen LogP contribution < -0.4 is 10.6 Å². The molecule has 6 heteroatoms. The Bertz CT molecular complexity index is 330. The van der Waals surface area contributed by atoms with E-state index in [9.17, 15) is 0 Å². The van der Waals surface area contributed by atoms with Gasteiger partial charge in [0.1, 0.15) is 0 Å². The first-order valence-corrected chi connectivity index (χ1v) is 5.58. The molecule has 1 aromatic rings. The standard InChI is InChI=1S/C8H12N4OS/c9-7-10-8(14-11-7)12-3-5-1-2-6(4-12)13-5/h5-6H,1-4H2,(H2,9,11). The molecule has 2 N–H and O–H groups in total. The van der Waals surface area contributed by atoms with E-state index in [1.807, 2.05) is 0 Å². The summed E-state index contributed by atoms with van der Waals surface area (Å²) < 4.78 is 9.73. The highest BCUT2D eigenvalue weighted by atomic mass is 32.1. The van der Waals surface area contributed by atoms with Crippen molar-refractivity contribution in [1.29, 1.82) is 0 Å². The molecule has 2 saturated heterocycles. The van der Waals surface area contributed by atoms with Crippen LogP contribution in [0, 0.1) is 0 Å². The van der Waals surface area contributed by atoms with E-state index in [2.05, 4.69) is 14.3 Å². The minimum atomic E-state index is 0.379. The average molecular weight is 212 g/mol. The Labute approximate surface area is 86.0 Å². The Balaban J connectivity index is 1.80. The fraction of sp³-hybridized carbons (Fsp3) is 0.750. The maximum absolute atomic E-state index is 5.74. The number of rotatable bonds is 1. The smallest absolute Gasteiger partial charge is 0.233 e. The van der Waals surface area contributed by atoms with Crippen molar-refractivity contribution >= 4 is 22.6 Å². The number of hydrogen-bond donors (Lipinski definition) is 1. The van der Waals surface area contributed by atoms with E-state index in [0.29, 0.717) is 18.2 Å². The third-order valence-electron chi connectivity index (χ3n) is 2.75. The van der Waals surface area contributed by atoms with Gasteiger partial charge in [0.2, 0.25) is 11.1 Å². The highest BCUT2D eigenvalue weighted by Gasteiger charge is 2.34. The predicted molar refractivity (Wildman–Crippen MR) is 54.4 cm³/mol. The van der Waals surface area contributed by atoms with E-state index in [-0.39, 0.29) is 0 Å². The second-order valence-corrected chi connectivity index (χ2v) is 4.53. The van der Waals surface area contributed by atoms with Gasteiger partial charge in [0, 0.05) is 24.6 Å². The van der Waals surface area contributed by atoms with Crippen molar-refractivity contribution in [3.63, 3.8) is 0 Å². The summed E-state index contributed by atoms with van der Waals surface area (Å²) in [7, 11) is 0. The largest absolute Gasteiger partial charge is 0.371 e.